The van der Waals surface area contributed by atoms with Gasteiger partial charge in [-0.3, -0.25) is 0 Å². The van der Waals surface area contributed by atoms with Gasteiger partial charge in [0.25, 0.3) is 0 Å². The molecule has 1 saturated heterocycles. The van der Waals surface area contributed by atoms with Gasteiger partial charge in [0, 0.05) is 26.3 Å². The van der Waals surface area contributed by atoms with E-state index >= 15 is 0 Å². The third-order valence-electron chi connectivity index (χ3n) is 3.67. The van der Waals surface area contributed by atoms with Crippen LogP contribution in [0, 0.1) is 0 Å². The Morgan fingerprint density at radius 3 is 2.60 bits per heavy atom. The van der Waals surface area contributed by atoms with E-state index in [1.54, 1.807) is 31.3 Å². The lowest BCUT2D eigenvalue weighted by atomic mass is 10.1. The van der Waals surface area contributed by atoms with Gasteiger partial charge in [0.1, 0.15) is 0 Å². The molecule has 0 amide bonds. The van der Waals surface area contributed by atoms with E-state index in [9.17, 15) is 8.42 Å². The van der Waals surface area contributed by atoms with Crippen molar-refractivity contribution in [3.05, 3.63) is 35.4 Å². The first kappa shape index (κ1) is 15.4. The second kappa shape index (κ2) is 6.67. The highest BCUT2D eigenvalue weighted by molar-refractivity contribution is 7.88. The Morgan fingerprint density at radius 2 is 1.95 bits per heavy atom. The first-order chi connectivity index (χ1) is 9.53. The lowest BCUT2D eigenvalue weighted by molar-refractivity contribution is 0.0632. The monoisotopic (exact) mass is 299 g/mol. The van der Waals surface area contributed by atoms with Crippen molar-refractivity contribution >= 4 is 10.0 Å². The van der Waals surface area contributed by atoms with Crippen LogP contribution >= 0.6 is 0 Å². The van der Waals surface area contributed by atoms with Crippen LogP contribution in [0.25, 0.3) is 0 Å². The molecule has 6 heteroatoms. The summed E-state index contributed by atoms with van der Waals surface area (Å²) >= 11 is 0. The van der Waals surface area contributed by atoms with Gasteiger partial charge in [-0.1, -0.05) is 24.3 Å². The molecule has 0 radical (unpaired) electrons. The van der Waals surface area contributed by atoms with Crippen molar-refractivity contribution in [3.8, 4) is 0 Å². The molecule has 0 aromatic heterocycles. The second-order valence-electron chi connectivity index (χ2n) is 5.09. The van der Waals surface area contributed by atoms with Crippen molar-refractivity contribution in [2.24, 2.45) is 0 Å². The van der Waals surface area contributed by atoms with Crippen molar-refractivity contribution in [3.63, 3.8) is 0 Å². The van der Waals surface area contributed by atoms with Crippen LogP contribution < -0.4 is 0 Å². The maximum atomic E-state index is 12.4. The Labute approximate surface area is 120 Å². The molecule has 1 aromatic carbocycles. The molecule has 0 bridgehead atoms. The molecular weight excluding hydrogens is 278 g/mol. The lowest BCUT2D eigenvalue weighted by Crippen LogP contribution is -2.41. The minimum Gasteiger partial charge on any atom is -0.392 e. The third-order valence-corrected chi connectivity index (χ3v) is 5.54. The van der Waals surface area contributed by atoms with Gasteiger partial charge in [0.15, 0.2) is 0 Å². The molecule has 0 aliphatic carbocycles. The van der Waals surface area contributed by atoms with Crippen molar-refractivity contribution < 1.29 is 18.3 Å². The van der Waals surface area contributed by atoms with E-state index in [0.29, 0.717) is 18.8 Å². The molecule has 5 nitrogen and oxygen atoms in total. The molecule has 1 aromatic rings. The molecule has 1 fully saturated rings. The summed E-state index contributed by atoms with van der Waals surface area (Å²) in [5, 5.41) is 9.10. The number of hydrogen-bond acceptors (Lipinski definition) is 4. The van der Waals surface area contributed by atoms with Crippen LogP contribution in [-0.4, -0.2) is 44.1 Å². The third kappa shape index (κ3) is 3.79. The molecule has 1 N–H and O–H groups in total. The van der Waals surface area contributed by atoms with Gasteiger partial charge < -0.3 is 9.84 Å². The average molecular weight is 299 g/mol. The largest absolute Gasteiger partial charge is 0.392 e. The summed E-state index contributed by atoms with van der Waals surface area (Å²) in [5.41, 5.74) is 1.43. The molecule has 0 unspecified atom stereocenters. The summed E-state index contributed by atoms with van der Waals surface area (Å²) in [6.45, 7) is 1.15. The van der Waals surface area contributed by atoms with Crippen LogP contribution in [0.3, 0.4) is 0 Å². The Kier molecular flexibility index (Phi) is 5.15. The number of nitrogens with zero attached hydrogens (tertiary/aromatic N) is 1. The van der Waals surface area contributed by atoms with E-state index < -0.39 is 10.0 Å². The molecule has 1 aliphatic heterocycles. The fraction of sp³-hybridized carbons (Fsp3) is 0.571. The van der Waals surface area contributed by atoms with Crippen molar-refractivity contribution in [2.75, 3.05) is 20.3 Å². The zero-order chi connectivity index (χ0) is 14.6. The van der Waals surface area contributed by atoms with Crippen LogP contribution in [0.1, 0.15) is 24.0 Å². The molecule has 0 atom stereocenters. The van der Waals surface area contributed by atoms with Gasteiger partial charge >= 0.3 is 0 Å². The number of aliphatic hydroxyl groups excluding tert-OH is 1. The molecule has 2 rings (SSSR count). The van der Waals surface area contributed by atoms with Crippen LogP contribution in [0.5, 0.6) is 0 Å². The van der Waals surface area contributed by atoms with Crippen molar-refractivity contribution in [1.29, 1.82) is 0 Å². The van der Waals surface area contributed by atoms with Crippen LogP contribution in [-0.2, 0) is 27.1 Å². The van der Waals surface area contributed by atoms with E-state index in [2.05, 4.69) is 0 Å². The highest BCUT2D eigenvalue weighted by atomic mass is 32.2. The highest BCUT2D eigenvalue weighted by Crippen LogP contribution is 2.19. The Balaban J connectivity index is 2.09. The van der Waals surface area contributed by atoms with Gasteiger partial charge in [0.2, 0.25) is 10.0 Å². The Hall–Kier alpha value is -0.950. The van der Waals surface area contributed by atoms with E-state index in [0.717, 1.165) is 18.4 Å². The quantitative estimate of drug-likeness (QED) is 0.885. The Morgan fingerprint density at radius 1 is 1.30 bits per heavy atom. The van der Waals surface area contributed by atoms with Crippen molar-refractivity contribution in [2.45, 2.75) is 31.2 Å². The molecule has 0 saturated carbocycles. The summed E-state index contributed by atoms with van der Waals surface area (Å²) < 4.78 is 31.6. The van der Waals surface area contributed by atoms with Crippen LogP contribution in [0.2, 0.25) is 0 Å². The smallest absolute Gasteiger partial charge is 0.218 e. The number of ether oxygens (including phenoxy) is 1. The molecule has 1 aliphatic rings. The van der Waals surface area contributed by atoms with E-state index in [1.807, 2.05) is 0 Å². The van der Waals surface area contributed by atoms with E-state index in [4.69, 9.17) is 9.84 Å². The molecule has 1 heterocycles. The number of rotatable bonds is 5. The SMILES string of the molecule is CN(C1CCOCC1)S(=O)(=O)Cc1cccc(CO)c1. The van der Waals surface area contributed by atoms with Gasteiger partial charge in [-0.25, -0.2) is 12.7 Å². The maximum absolute atomic E-state index is 12.4. The molecular formula is C14H21NO4S. The van der Waals surface area contributed by atoms with Gasteiger partial charge in [0.05, 0.1) is 12.4 Å². The number of hydrogen-bond donors (Lipinski definition) is 1. The predicted octanol–water partition coefficient (Wildman–Crippen LogP) is 1.12. The van der Waals surface area contributed by atoms with Crippen molar-refractivity contribution in [1.82, 2.24) is 4.31 Å². The summed E-state index contributed by atoms with van der Waals surface area (Å²) in [6, 6.07) is 7.07. The second-order valence-corrected chi connectivity index (χ2v) is 7.12. The summed E-state index contributed by atoms with van der Waals surface area (Å²) in [5.74, 6) is -0.0330. The lowest BCUT2D eigenvalue weighted by Gasteiger charge is -2.30. The molecule has 20 heavy (non-hydrogen) atoms. The molecule has 112 valence electrons. The van der Waals surface area contributed by atoms with E-state index in [1.165, 1.54) is 4.31 Å². The normalized spacial score (nSPS) is 17.6. The van der Waals surface area contributed by atoms with Gasteiger partial charge in [-0.15, -0.1) is 0 Å². The maximum Gasteiger partial charge on any atom is 0.218 e. The summed E-state index contributed by atoms with van der Waals surface area (Å²) in [4.78, 5) is 0. The summed E-state index contributed by atoms with van der Waals surface area (Å²) in [7, 11) is -1.70. The highest BCUT2D eigenvalue weighted by Gasteiger charge is 2.27. The Bertz CT molecular complexity index is 538. The fourth-order valence-corrected chi connectivity index (χ4v) is 3.88. The number of sulfonamides is 1. The summed E-state index contributed by atoms with van der Waals surface area (Å²) in [6.07, 6.45) is 1.48. The minimum atomic E-state index is -3.34. The van der Waals surface area contributed by atoms with Crippen LogP contribution in [0.4, 0.5) is 0 Å². The fourth-order valence-electron chi connectivity index (χ4n) is 2.41. The van der Waals surface area contributed by atoms with Crippen LogP contribution in [0.15, 0.2) is 24.3 Å². The number of aliphatic hydroxyl groups is 1. The standard InChI is InChI=1S/C14H21NO4S/c1-15(14-5-7-19-8-6-14)20(17,18)11-13-4-2-3-12(9-13)10-16/h2-4,9,14,16H,5-8,10-11H2,1H3. The number of benzene rings is 1. The average Bonchev–Trinajstić information content (AvgIpc) is 2.47. The topological polar surface area (TPSA) is 66.8 Å². The predicted molar refractivity (Wildman–Crippen MR) is 76.6 cm³/mol. The minimum absolute atomic E-state index is 0.0229. The molecule has 0 spiro atoms. The zero-order valence-electron chi connectivity index (χ0n) is 11.7. The van der Waals surface area contributed by atoms with E-state index in [-0.39, 0.29) is 18.4 Å². The zero-order valence-corrected chi connectivity index (χ0v) is 12.5. The first-order valence-corrected chi connectivity index (χ1v) is 8.36. The van der Waals surface area contributed by atoms with Gasteiger partial charge in [-0.05, 0) is 24.0 Å². The first-order valence-electron chi connectivity index (χ1n) is 6.75. The van der Waals surface area contributed by atoms with Gasteiger partial charge in [-0.2, -0.15) is 0 Å².